The molecule has 1 atom stereocenters. The van der Waals surface area contributed by atoms with Crippen LogP contribution in [0.4, 0.5) is 0 Å². The van der Waals surface area contributed by atoms with Gasteiger partial charge < -0.3 is 15.5 Å². The molecule has 1 fully saturated rings. The quantitative estimate of drug-likeness (QED) is 0.791. The molecule has 1 aliphatic rings. The van der Waals surface area contributed by atoms with Gasteiger partial charge in [0.2, 0.25) is 5.91 Å². The Hall–Kier alpha value is -0.610. The summed E-state index contributed by atoms with van der Waals surface area (Å²) in [6.07, 6.45) is 1.07. The minimum atomic E-state index is 0.135. The van der Waals surface area contributed by atoms with Crippen LogP contribution in [0.2, 0.25) is 0 Å². The number of amides is 1. The van der Waals surface area contributed by atoms with Gasteiger partial charge in [-0.2, -0.15) is 0 Å². The van der Waals surface area contributed by atoms with Crippen LogP contribution < -0.4 is 5.73 Å². The first-order valence-electron chi connectivity index (χ1n) is 6.77. The molecule has 0 aliphatic carbocycles. The van der Waals surface area contributed by atoms with E-state index in [9.17, 15) is 4.79 Å². The van der Waals surface area contributed by atoms with Gasteiger partial charge in [-0.25, -0.2) is 0 Å². The van der Waals surface area contributed by atoms with Crippen LogP contribution in [0.5, 0.6) is 0 Å². The summed E-state index contributed by atoms with van der Waals surface area (Å²) in [5.74, 6) is 0.872. The van der Waals surface area contributed by atoms with E-state index in [-0.39, 0.29) is 5.92 Å². The highest BCUT2D eigenvalue weighted by Gasteiger charge is 2.24. The molecule has 1 unspecified atom stereocenters. The van der Waals surface area contributed by atoms with E-state index in [0.29, 0.717) is 18.4 Å². The molecule has 1 heterocycles. The Morgan fingerprint density at radius 2 is 1.88 bits per heavy atom. The van der Waals surface area contributed by atoms with Crippen LogP contribution in [0.3, 0.4) is 0 Å². The summed E-state index contributed by atoms with van der Waals surface area (Å²) in [5, 5.41) is 0. The summed E-state index contributed by atoms with van der Waals surface area (Å²) in [5.41, 5.74) is 5.57. The Bertz CT molecular complexity index is 243. The highest BCUT2D eigenvalue weighted by Crippen LogP contribution is 2.15. The van der Waals surface area contributed by atoms with Crippen molar-refractivity contribution in [3.05, 3.63) is 0 Å². The van der Waals surface area contributed by atoms with Crippen molar-refractivity contribution in [2.45, 2.75) is 27.2 Å². The standard InChI is InChI=1S/C13H27N3O/c1-11(2)12(3)13(17)16-7-4-6-15(8-5-14)9-10-16/h11-12H,4-10,14H2,1-3H3. The van der Waals surface area contributed by atoms with Crippen molar-refractivity contribution in [2.24, 2.45) is 17.6 Å². The number of hydrogen-bond acceptors (Lipinski definition) is 3. The Morgan fingerprint density at radius 1 is 1.18 bits per heavy atom. The molecule has 0 aromatic carbocycles. The van der Waals surface area contributed by atoms with Crippen LogP contribution in [0.25, 0.3) is 0 Å². The van der Waals surface area contributed by atoms with E-state index < -0.39 is 0 Å². The van der Waals surface area contributed by atoms with Gasteiger partial charge in [-0.15, -0.1) is 0 Å². The van der Waals surface area contributed by atoms with Gasteiger partial charge in [0.1, 0.15) is 0 Å². The average molecular weight is 241 g/mol. The first-order valence-corrected chi connectivity index (χ1v) is 6.77. The minimum absolute atomic E-state index is 0.135. The van der Waals surface area contributed by atoms with E-state index in [1.54, 1.807) is 0 Å². The molecule has 4 nitrogen and oxygen atoms in total. The first kappa shape index (κ1) is 14.5. The van der Waals surface area contributed by atoms with Crippen LogP contribution in [0.15, 0.2) is 0 Å². The molecule has 0 aromatic rings. The fraction of sp³-hybridized carbons (Fsp3) is 0.923. The number of nitrogens with two attached hydrogens (primary N) is 1. The Kier molecular flexibility index (Phi) is 5.92. The zero-order valence-electron chi connectivity index (χ0n) is 11.5. The van der Waals surface area contributed by atoms with Crippen molar-refractivity contribution in [3.63, 3.8) is 0 Å². The molecule has 1 aliphatic heterocycles. The average Bonchev–Trinajstić information content (AvgIpc) is 2.53. The number of carbonyl (C=O) groups is 1. The third-order valence-electron chi connectivity index (χ3n) is 3.74. The summed E-state index contributed by atoms with van der Waals surface area (Å²) in [4.78, 5) is 16.6. The van der Waals surface area contributed by atoms with Gasteiger partial charge in [-0.05, 0) is 18.9 Å². The maximum atomic E-state index is 12.2. The van der Waals surface area contributed by atoms with E-state index in [1.807, 2.05) is 11.8 Å². The highest BCUT2D eigenvalue weighted by molar-refractivity contribution is 5.78. The monoisotopic (exact) mass is 241 g/mol. The van der Waals surface area contributed by atoms with E-state index in [2.05, 4.69) is 18.7 Å². The molecule has 2 N–H and O–H groups in total. The number of nitrogens with zero attached hydrogens (tertiary/aromatic N) is 2. The van der Waals surface area contributed by atoms with Crippen molar-refractivity contribution in [1.29, 1.82) is 0 Å². The second-order valence-corrected chi connectivity index (χ2v) is 5.34. The fourth-order valence-corrected chi connectivity index (χ4v) is 2.17. The molecule has 0 spiro atoms. The van der Waals surface area contributed by atoms with Crippen LogP contribution in [-0.4, -0.2) is 55.0 Å². The molecule has 0 aromatic heterocycles. The lowest BCUT2D eigenvalue weighted by atomic mass is 9.96. The topological polar surface area (TPSA) is 49.6 Å². The minimum Gasteiger partial charge on any atom is -0.341 e. The van der Waals surface area contributed by atoms with E-state index in [0.717, 1.165) is 39.1 Å². The lowest BCUT2D eigenvalue weighted by Crippen LogP contribution is -2.40. The molecular weight excluding hydrogens is 214 g/mol. The van der Waals surface area contributed by atoms with Gasteiger partial charge in [0.05, 0.1) is 0 Å². The Morgan fingerprint density at radius 3 is 2.47 bits per heavy atom. The maximum Gasteiger partial charge on any atom is 0.225 e. The van der Waals surface area contributed by atoms with Gasteiger partial charge >= 0.3 is 0 Å². The Balaban J connectivity index is 2.48. The van der Waals surface area contributed by atoms with Crippen molar-refractivity contribution in [1.82, 2.24) is 9.80 Å². The summed E-state index contributed by atoms with van der Waals surface area (Å²) in [6.45, 7) is 11.7. The summed E-state index contributed by atoms with van der Waals surface area (Å²) in [7, 11) is 0. The van der Waals surface area contributed by atoms with Crippen LogP contribution in [-0.2, 0) is 4.79 Å². The number of rotatable bonds is 4. The van der Waals surface area contributed by atoms with Crippen molar-refractivity contribution >= 4 is 5.91 Å². The molecule has 4 heteroatoms. The number of carbonyl (C=O) groups excluding carboxylic acids is 1. The van der Waals surface area contributed by atoms with Gasteiger partial charge in [-0.1, -0.05) is 20.8 Å². The molecule has 0 saturated carbocycles. The van der Waals surface area contributed by atoms with Crippen LogP contribution in [0, 0.1) is 11.8 Å². The van der Waals surface area contributed by atoms with Crippen molar-refractivity contribution in [2.75, 3.05) is 39.3 Å². The van der Waals surface area contributed by atoms with Gasteiger partial charge in [0.15, 0.2) is 0 Å². The smallest absolute Gasteiger partial charge is 0.225 e. The largest absolute Gasteiger partial charge is 0.341 e. The second-order valence-electron chi connectivity index (χ2n) is 5.34. The maximum absolute atomic E-state index is 12.2. The van der Waals surface area contributed by atoms with Crippen molar-refractivity contribution < 1.29 is 4.79 Å². The van der Waals surface area contributed by atoms with Gasteiger partial charge in [0, 0.05) is 38.6 Å². The molecule has 100 valence electrons. The predicted octanol–water partition coefficient (Wildman–Crippen LogP) is 0.772. The van der Waals surface area contributed by atoms with Gasteiger partial charge in [-0.3, -0.25) is 4.79 Å². The molecular formula is C13H27N3O. The Labute approximate surface area is 105 Å². The van der Waals surface area contributed by atoms with E-state index in [1.165, 1.54) is 0 Å². The molecule has 1 saturated heterocycles. The predicted molar refractivity (Wildman–Crippen MR) is 70.7 cm³/mol. The normalized spacial score (nSPS) is 20.4. The SMILES string of the molecule is CC(C)C(C)C(=O)N1CCCN(CCN)CC1. The molecule has 0 bridgehead atoms. The second kappa shape index (κ2) is 6.97. The lowest BCUT2D eigenvalue weighted by Gasteiger charge is -2.26. The third kappa shape index (κ3) is 4.28. The lowest BCUT2D eigenvalue weighted by molar-refractivity contribution is -0.136. The van der Waals surface area contributed by atoms with E-state index in [4.69, 9.17) is 5.73 Å². The zero-order chi connectivity index (χ0) is 12.8. The molecule has 1 amide bonds. The third-order valence-corrected chi connectivity index (χ3v) is 3.74. The summed E-state index contributed by atoms with van der Waals surface area (Å²) in [6, 6.07) is 0. The van der Waals surface area contributed by atoms with Crippen LogP contribution in [0.1, 0.15) is 27.2 Å². The van der Waals surface area contributed by atoms with Crippen LogP contribution >= 0.6 is 0 Å². The number of hydrogen-bond donors (Lipinski definition) is 1. The van der Waals surface area contributed by atoms with Gasteiger partial charge in [0.25, 0.3) is 0 Å². The summed E-state index contributed by atoms with van der Waals surface area (Å²) < 4.78 is 0. The molecule has 1 rings (SSSR count). The summed E-state index contributed by atoms with van der Waals surface area (Å²) >= 11 is 0. The fourth-order valence-electron chi connectivity index (χ4n) is 2.17. The highest BCUT2D eigenvalue weighted by atomic mass is 16.2. The zero-order valence-corrected chi connectivity index (χ0v) is 11.5. The van der Waals surface area contributed by atoms with Crippen molar-refractivity contribution in [3.8, 4) is 0 Å². The van der Waals surface area contributed by atoms with E-state index >= 15 is 0 Å². The molecule has 0 radical (unpaired) electrons. The molecule has 17 heavy (non-hydrogen) atoms. The first-order chi connectivity index (χ1) is 8.06.